The smallest absolute Gasteiger partial charge is 0.261 e. The van der Waals surface area contributed by atoms with Crippen LogP contribution in [0.15, 0.2) is 51.7 Å². The number of fused-ring (bicyclic) bond motifs is 2. The number of nitrogens with one attached hydrogen (secondary N) is 1. The number of benzene rings is 2. The normalized spacial score (nSPS) is 16.1. The van der Waals surface area contributed by atoms with E-state index in [1.807, 2.05) is 43.3 Å². The molecule has 0 aliphatic carbocycles. The SMILES string of the molecule is CCn1c(CC2C(=O)Nc3ccc(Br)cc32)nc2ccccc2c1=O. The highest BCUT2D eigenvalue weighted by molar-refractivity contribution is 9.10. The fraction of sp³-hybridized carbons (Fsp3) is 0.211. The molecule has 1 atom stereocenters. The lowest BCUT2D eigenvalue weighted by Gasteiger charge is -2.14. The molecule has 25 heavy (non-hydrogen) atoms. The van der Waals surface area contributed by atoms with Crippen LogP contribution in [0.4, 0.5) is 5.69 Å². The Morgan fingerprint density at radius 1 is 1.20 bits per heavy atom. The number of carbonyl (C=O) groups is 1. The van der Waals surface area contributed by atoms with E-state index in [-0.39, 0.29) is 17.4 Å². The molecular weight excluding hydrogens is 382 g/mol. The lowest BCUT2D eigenvalue weighted by atomic mass is 9.96. The third-order valence-electron chi connectivity index (χ3n) is 4.61. The van der Waals surface area contributed by atoms with E-state index in [9.17, 15) is 9.59 Å². The molecule has 3 aromatic rings. The van der Waals surface area contributed by atoms with Crippen LogP contribution in [0.2, 0.25) is 0 Å². The second-order valence-electron chi connectivity index (χ2n) is 6.07. The van der Waals surface area contributed by atoms with E-state index in [4.69, 9.17) is 0 Å². The van der Waals surface area contributed by atoms with Gasteiger partial charge in [0.05, 0.1) is 16.8 Å². The molecule has 1 unspecified atom stereocenters. The fourth-order valence-electron chi connectivity index (χ4n) is 3.38. The van der Waals surface area contributed by atoms with E-state index in [1.54, 1.807) is 10.6 Å². The number of hydrogen-bond donors (Lipinski definition) is 1. The van der Waals surface area contributed by atoms with Crippen LogP contribution in [0, 0.1) is 0 Å². The number of carbonyl (C=O) groups excluding carboxylic acids is 1. The van der Waals surface area contributed by atoms with Crippen molar-refractivity contribution >= 4 is 38.4 Å². The Kier molecular flexibility index (Phi) is 3.92. The van der Waals surface area contributed by atoms with Crippen molar-refractivity contribution < 1.29 is 4.79 Å². The molecule has 1 amide bonds. The summed E-state index contributed by atoms with van der Waals surface area (Å²) in [6.45, 7) is 2.44. The Labute approximate surface area is 152 Å². The third-order valence-corrected chi connectivity index (χ3v) is 5.10. The first-order chi connectivity index (χ1) is 12.1. The predicted molar refractivity (Wildman–Crippen MR) is 101 cm³/mol. The molecule has 0 spiro atoms. The molecule has 1 aliphatic rings. The maximum Gasteiger partial charge on any atom is 0.261 e. The molecule has 0 bridgehead atoms. The van der Waals surface area contributed by atoms with Gasteiger partial charge in [0.1, 0.15) is 5.82 Å². The van der Waals surface area contributed by atoms with Gasteiger partial charge in [-0.15, -0.1) is 0 Å². The average molecular weight is 398 g/mol. The molecule has 1 aromatic heterocycles. The van der Waals surface area contributed by atoms with E-state index >= 15 is 0 Å². The maximum absolute atomic E-state index is 12.8. The minimum Gasteiger partial charge on any atom is -0.325 e. The zero-order valence-electron chi connectivity index (χ0n) is 13.6. The highest BCUT2D eigenvalue weighted by atomic mass is 79.9. The van der Waals surface area contributed by atoms with Gasteiger partial charge in [-0.1, -0.05) is 28.1 Å². The summed E-state index contributed by atoms with van der Waals surface area (Å²) in [5.41, 5.74) is 2.37. The van der Waals surface area contributed by atoms with Gasteiger partial charge in [0, 0.05) is 23.1 Å². The largest absolute Gasteiger partial charge is 0.325 e. The fourth-order valence-corrected chi connectivity index (χ4v) is 3.76. The van der Waals surface area contributed by atoms with Gasteiger partial charge < -0.3 is 5.32 Å². The van der Waals surface area contributed by atoms with Crippen LogP contribution in [-0.4, -0.2) is 15.5 Å². The highest BCUT2D eigenvalue weighted by Gasteiger charge is 2.32. The van der Waals surface area contributed by atoms with Crippen LogP contribution in [0.1, 0.15) is 24.2 Å². The number of anilines is 1. The molecule has 5 nitrogen and oxygen atoms in total. The van der Waals surface area contributed by atoms with Gasteiger partial charge in [-0.3, -0.25) is 14.2 Å². The topological polar surface area (TPSA) is 64.0 Å². The summed E-state index contributed by atoms with van der Waals surface area (Å²) < 4.78 is 2.58. The summed E-state index contributed by atoms with van der Waals surface area (Å²) in [5, 5.41) is 3.51. The van der Waals surface area contributed by atoms with Crippen molar-refractivity contribution in [3.63, 3.8) is 0 Å². The van der Waals surface area contributed by atoms with Gasteiger partial charge >= 0.3 is 0 Å². The first-order valence-electron chi connectivity index (χ1n) is 8.17. The van der Waals surface area contributed by atoms with Gasteiger partial charge in [-0.2, -0.15) is 0 Å². The minimum absolute atomic E-state index is 0.0573. The van der Waals surface area contributed by atoms with Crippen molar-refractivity contribution in [2.24, 2.45) is 0 Å². The molecule has 0 saturated heterocycles. The van der Waals surface area contributed by atoms with Gasteiger partial charge in [-0.25, -0.2) is 4.98 Å². The standard InChI is InChI=1S/C19H16BrN3O2/c1-2-23-17(21-15-6-4-3-5-12(15)19(23)25)10-14-13-9-11(20)7-8-16(13)22-18(14)24/h3-9,14H,2,10H2,1H3,(H,22,24). The molecule has 2 heterocycles. The lowest BCUT2D eigenvalue weighted by Crippen LogP contribution is -2.27. The molecule has 6 heteroatoms. The van der Waals surface area contributed by atoms with Crippen LogP contribution in [-0.2, 0) is 17.8 Å². The predicted octanol–water partition coefficient (Wildman–Crippen LogP) is 3.46. The first kappa shape index (κ1) is 16.0. The Morgan fingerprint density at radius 3 is 2.80 bits per heavy atom. The Hall–Kier alpha value is -2.47. The third kappa shape index (κ3) is 2.66. The highest BCUT2D eigenvalue weighted by Crippen LogP contribution is 2.36. The summed E-state index contributed by atoms with van der Waals surface area (Å²) in [6, 6.07) is 13.1. The number of hydrogen-bond acceptors (Lipinski definition) is 3. The van der Waals surface area contributed by atoms with E-state index in [2.05, 4.69) is 26.2 Å². The molecule has 2 aromatic carbocycles. The number of para-hydroxylation sites is 1. The van der Waals surface area contributed by atoms with Crippen molar-refractivity contribution in [2.75, 3.05) is 5.32 Å². The van der Waals surface area contributed by atoms with Crippen molar-refractivity contribution in [3.8, 4) is 0 Å². The van der Waals surface area contributed by atoms with Crippen molar-refractivity contribution in [2.45, 2.75) is 25.8 Å². The van der Waals surface area contributed by atoms with E-state index in [1.165, 1.54) is 0 Å². The summed E-state index contributed by atoms with van der Waals surface area (Å²) in [6.07, 6.45) is 0.392. The summed E-state index contributed by atoms with van der Waals surface area (Å²) >= 11 is 3.46. The second-order valence-corrected chi connectivity index (χ2v) is 6.99. The second kappa shape index (κ2) is 6.11. The molecule has 1 aliphatic heterocycles. The molecule has 0 radical (unpaired) electrons. The number of aromatic nitrogens is 2. The van der Waals surface area contributed by atoms with Crippen LogP contribution >= 0.6 is 15.9 Å². The molecule has 0 saturated carbocycles. The number of rotatable bonds is 3. The summed E-state index contributed by atoms with van der Waals surface area (Å²) in [5.74, 6) is 0.232. The molecular formula is C19H16BrN3O2. The van der Waals surface area contributed by atoms with Crippen LogP contribution in [0.3, 0.4) is 0 Å². The van der Waals surface area contributed by atoms with Gasteiger partial charge in [0.15, 0.2) is 0 Å². The minimum atomic E-state index is -0.349. The molecule has 1 N–H and O–H groups in total. The van der Waals surface area contributed by atoms with E-state index in [0.29, 0.717) is 29.7 Å². The lowest BCUT2D eigenvalue weighted by molar-refractivity contribution is -0.117. The molecule has 0 fully saturated rings. The van der Waals surface area contributed by atoms with Crippen molar-refractivity contribution in [3.05, 3.63) is 68.7 Å². The van der Waals surface area contributed by atoms with Crippen LogP contribution in [0.25, 0.3) is 10.9 Å². The number of amides is 1. The monoisotopic (exact) mass is 397 g/mol. The maximum atomic E-state index is 12.8. The van der Waals surface area contributed by atoms with Gasteiger partial charge in [0.2, 0.25) is 5.91 Å². The van der Waals surface area contributed by atoms with Crippen LogP contribution in [0.5, 0.6) is 0 Å². The zero-order chi connectivity index (χ0) is 17.6. The summed E-state index contributed by atoms with van der Waals surface area (Å²) in [4.78, 5) is 29.9. The van der Waals surface area contributed by atoms with Gasteiger partial charge in [0.25, 0.3) is 5.56 Å². The van der Waals surface area contributed by atoms with Gasteiger partial charge in [-0.05, 0) is 42.8 Å². The Balaban J connectivity index is 1.83. The number of nitrogens with zero attached hydrogens (tertiary/aromatic N) is 2. The summed E-state index contributed by atoms with van der Waals surface area (Å²) in [7, 11) is 0. The zero-order valence-corrected chi connectivity index (χ0v) is 15.2. The average Bonchev–Trinajstić information content (AvgIpc) is 2.90. The molecule has 4 rings (SSSR count). The quantitative estimate of drug-likeness (QED) is 0.735. The van der Waals surface area contributed by atoms with Crippen molar-refractivity contribution in [1.82, 2.24) is 9.55 Å². The van der Waals surface area contributed by atoms with Crippen LogP contribution < -0.4 is 10.9 Å². The van der Waals surface area contributed by atoms with E-state index < -0.39 is 0 Å². The van der Waals surface area contributed by atoms with Crippen molar-refractivity contribution in [1.29, 1.82) is 0 Å². The first-order valence-corrected chi connectivity index (χ1v) is 8.96. The Morgan fingerprint density at radius 2 is 2.00 bits per heavy atom. The Bertz CT molecular complexity index is 1060. The van der Waals surface area contributed by atoms with E-state index in [0.717, 1.165) is 15.7 Å². The number of halogens is 1. The molecule has 126 valence electrons.